The topological polar surface area (TPSA) is 166 Å². The third-order valence-electron chi connectivity index (χ3n) is 9.06. The summed E-state index contributed by atoms with van der Waals surface area (Å²) in [7, 11) is 4.41. The Labute approximate surface area is 236 Å². The van der Waals surface area contributed by atoms with Crippen LogP contribution < -0.4 is 5.32 Å². The van der Waals surface area contributed by atoms with Gasteiger partial charge in [-0.1, -0.05) is 0 Å². The van der Waals surface area contributed by atoms with Crippen LogP contribution in [-0.4, -0.2) is 108 Å². The van der Waals surface area contributed by atoms with E-state index >= 15 is 0 Å². The zero-order valence-corrected chi connectivity index (χ0v) is 23.7. The van der Waals surface area contributed by atoms with Crippen molar-refractivity contribution >= 4 is 29.0 Å². The highest BCUT2D eigenvalue weighted by Gasteiger charge is 2.59. The molecule has 0 spiro atoms. The van der Waals surface area contributed by atoms with E-state index in [-0.39, 0.29) is 64.6 Å². The van der Waals surface area contributed by atoms with E-state index in [9.17, 15) is 34.3 Å². The summed E-state index contributed by atoms with van der Waals surface area (Å²) in [6.45, 7) is 4.16. The summed E-state index contributed by atoms with van der Waals surface area (Å²) in [6.07, 6.45) is -1.18. The number of fused-ring (bicyclic) bond motifs is 5. The first-order chi connectivity index (χ1) is 19.4. The maximum atomic E-state index is 13.8. The van der Waals surface area contributed by atoms with Crippen molar-refractivity contribution in [2.75, 3.05) is 27.8 Å². The number of likely N-dealkylation sites (N-methyl/N-ethyl adjacent to an activating group) is 1. The summed E-state index contributed by atoms with van der Waals surface area (Å²) in [5, 5.41) is 22.9. The fraction of sp³-hybridized carbons (Fsp3) is 0.517. The molecule has 0 aromatic rings. The molecule has 6 atom stereocenters. The van der Waals surface area contributed by atoms with Crippen molar-refractivity contribution in [1.29, 1.82) is 5.26 Å². The molecule has 0 saturated carbocycles. The standard InChI is InChI=1S/C29H32N4O8/c1-11-23(35)14-8-17-22-21-15(24(36)12(2)28(41-6)26(21)38)7-16(32(22)4)18(9-30)33(17)19(10-31-29(39)13(3)34)20(14)25(37)27(11)40-5/h13,16-19,22,34H,7-8,10H2,1-6H3,(H,31,39)/t13?,16?,17?,18-,19?,22?/m1/s1. The van der Waals surface area contributed by atoms with Gasteiger partial charge in [-0.05, 0) is 40.7 Å². The number of ether oxygens (including phenoxy) is 2. The van der Waals surface area contributed by atoms with Gasteiger partial charge in [0.15, 0.2) is 23.1 Å². The molecule has 12 heteroatoms. The molecule has 1 fully saturated rings. The van der Waals surface area contributed by atoms with Crippen LogP contribution in [0.2, 0.25) is 0 Å². The normalized spacial score (nSPS) is 31.0. The number of carbonyl (C=O) groups excluding carboxylic acids is 5. The molecule has 216 valence electrons. The number of piperazine rings is 1. The lowest BCUT2D eigenvalue weighted by atomic mass is 9.67. The van der Waals surface area contributed by atoms with Gasteiger partial charge in [-0.3, -0.25) is 33.8 Å². The Hall–Kier alpha value is -3.92. The number of aliphatic hydroxyl groups is 1. The van der Waals surface area contributed by atoms with Crippen molar-refractivity contribution in [3.8, 4) is 6.07 Å². The molecule has 5 aliphatic rings. The predicted molar refractivity (Wildman–Crippen MR) is 142 cm³/mol. The van der Waals surface area contributed by atoms with E-state index in [0.29, 0.717) is 5.57 Å². The second kappa shape index (κ2) is 10.2. The molecule has 2 N–H and O–H groups in total. The molecule has 2 bridgehead atoms. The SMILES string of the molecule is COC1=C(C)C(=O)C2=C(C1=O)C1C3CC4=C(C(=O)C(OC)=C(C)C4=O)C(CNC(=O)C(C)O)N3[C@H](C#N)C(C2)N1C. The Kier molecular flexibility index (Phi) is 7.09. The Morgan fingerprint density at radius 2 is 1.49 bits per heavy atom. The van der Waals surface area contributed by atoms with Crippen molar-refractivity contribution in [2.45, 2.75) is 69.9 Å². The van der Waals surface area contributed by atoms with Gasteiger partial charge in [0.05, 0.1) is 32.4 Å². The highest BCUT2D eigenvalue weighted by molar-refractivity contribution is 6.26. The largest absolute Gasteiger partial charge is 0.492 e. The Bertz CT molecular complexity index is 1480. The van der Waals surface area contributed by atoms with Crippen LogP contribution in [0.25, 0.3) is 0 Å². The molecule has 1 amide bonds. The monoisotopic (exact) mass is 564 g/mol. The third kappa shape index (κ3) is 3.94. The zero-order valence-electron chi connectivity index (χ0n) is 23.7. The Balaban J connectivity index is 1.71. The summed E-state index contributed by atoms with van der Waals surface area (Å²) in [6, 6.07) is -1.38. The minimum atomic E-state index is -1.33. The van der Waals surface area contributed by atoms with Crippen LogP contribution in [0.5, 0.6) is 0 Å². The summed E-state index contributed by atoms with van der Waals surface area (Å²) in [5.74, 6) is -2.48. The quantitative estimate of drug-likeness (QED) is 0.419. The highest BCUT2D eigenvalue weighted by atomic mass is 16.5. The number of nitrogens with zero attached hydrogens (tertiary/aromatic N) is 3. The summed E-state index contributed by atoms with van der Waals surface area (Å²) in [5.41, 5.74) is 1.29. The number of carbonyl (C=O) groups is 5. The zero-order chi connectivity index (χ0) is 30.1. The molecule has 5 unspecified atom stereocenters. The predicted octanol–water partition coefficient (Wildman–Crippen LogP) is -0.358. The van der Waals surface area contributed by atoms with Crippen molar-refractivity contribution < 1.29 is 38.6 Å². The van der Waals surface area contributed by atoms with Gasteiger partial charge in [0.25, 0.3) is 0 Å². The smallest absolute Gasteiger partial charge is 0.248 e. The van der Waals surface area contributed by atoms with Crippen molar-refractivity contribution in [1.82, 2.24) is 15.1 Å². The van der Waals surface area contributed by atoms with E-state index in [4.69, 9.17) is 9.47 Å². The van der Waals surface area contributed by atoms with Crippen LogP contribution in [0.4, 0.5) is 0 Å². The van der Waals surface area contributed by atoms with Crippen LogP contribution in [0.3, 0.4) is 0 Å². The molecule has 1 saturated heterocycles. The van der Waals surface area contributed by atoms with Gasteiger partial charge < -0.3 is 19.9 Å². The highest BCUT2D eigenvalue weighted by Crippen LogP contribution is 2.48. The second-order valence-electron chi connectivity index (χ2n) is 11.0. The first kappa shape index (κ1) is 28.6. The van der Waals surface area contributed by atoms with E-state index < -0.39 is 59.6 Å². The van der Waals surface area contributed by atoms with Gasteiger partial charge in [-0.25, -0.2) is 0 Å². The van der Waals surface area contributed by atoms with Gasteiger partial charge in [0, 0.05) is 52.1 Å². The number of hydrogen-bond acceptors (Lipinski definition) is 11. The van der Waals surface area contributed by atoms with Gasteiger partial charge in [0.1, 0.15) is 12.1 Å². The Morgan fingerprint density at radius 3 is 2.00 bits per heavy atom. The molecule has 0 aromatic carbocycles. The minimum absolute atomic E-state index is 0.0261. The number of aliphatic hydroxyl groups excluding tert-OH is 1. The van der Waals surface area contributed by atoms with Gasteiger partial charge >= 0.3 is 0 Å². The minimum Gasteiger partial charge on any atom is -0.492 e. The van der Waals surface area contributed by atoms with Gasteiger partial charge in [0.2, 0.25) is 17.5 Å². The number of hydrogen-bond donors (Lipinski definition) is 2. The van der Waals surface area contributed by atoms with Crippen LogP contribution in [0.1, 0.15) is 33.6 Å². The van der Waals surface area contributed by atoms with E-state index in [1.54, 1.807) is 18.9 Å². The molecular formula is C29H32N4O8. The number of amides is 1. The molecular weight excluding hydrogens is 532 g/mol. The summed E-state index contributed by atoms with van der Waals surface area (Å²) < 4.78 is 10.6. The van der Waals surface area contributed by atoms with Crippen LogP contribution in [0, 0.1) is 11.3 Å². The van der Waals surface area contributed by atoms with Crippen molar-refractivity contribution in [3.63, 3.8) is 0 Å². The number of allylic oxidation sites excluding steroid dienone is 4. The van der Waals surface area contributed by atoms with Crippen LogP contribution in [0.15, 0.2) is 45.0 Å². The molecule has 3 aliphatic heterocycles. The average Bonchev–Trinajstić information content (AvgIpc) is 2.93. The van der Waals surface area contributed by atoms with Gasteiger partial charge in [-0.15, -0.1) is 0 Å². The number of nitriles is 1. The summed E-state index contributed by atoms with van der Waals surface area (Å²) >= 11 is 0. The van der Waals surface area contributed by atoms with E-state index in [1.807, 2.05) is 4.90 Å². The second-order valence-corrected chi connectivity index (χ2v) is 11.0. The lowest BCUT2D eigenvalue weighted by Crippen LogP contribution is -2.74. The number of nitrogens with one attached hydrogen (secondary N) is 1. The molecule has 12 nitrogen and oxygen atoms in total. The number of methoxy groups -OCH3 is 2. The lowest BCUT2D eigenvalue weighted by Gasteiger charge is -2.60. The third-order valence-corrected chi connectivity index (χ3v) is 9.06. The average molecular weight is 565 g/mol. The van der Waals surface area contributed by atoms with Gasteiger partial charge in [-0.2, -0.15) is 5.26 Å². The Morgan fingerprint density at radius 1 is 0.976 bits per heavy atom. The van der Waals surface area contributed by atoms with E-state index in [0.717, 1.165) is 0 Å². The number of rotatable bonds is 5. The summed E-state index contributed by atoms with van der Waals surface area (Å²) in [4.78, 5) is 70.8. The molecule has 3 heterocycles. The molecule has 0 radical (unpaired) electrons. The maximum Gasteiger partial charge on any atom is 0.248 e. The van der Waals surface area contributed by atoms with Crippen molar-refractivity contribution in [3.05, 3.63) is 45.0 Å². The molecule has 0 aromatic heterocycles. The van der Waals surface area contributed by atoms with E-state index in [2.05, 4.69) is 11.4 Å². The number of ketones is 4. The lowest BCUT2D eigenvalue weighted by molar-refractivity contribution is -0.130. The van der Waals surface area contributed by atoms with Crippen LogP contribution in [-0.2, 0) is 33.4 Å². The fourth-order valence-electron chi connectivity index (χ4n) is 7.16. The first-order valence-electron chi connectivity index (χ1n) is 13.4. The van der Waals surface area contributed by atoms with Crippen LogP contribution >= 0.6 is 0 Å². The first-order valence-corrected chi connectivity index (χ1v) is 13.4. The maximum absolute atomic E-state index is 13.8. The molecule has 5 rings (SSSR count). The molecule has 41 heavy (non-hydrogen) atoms. The fourth-order valence-corrected chi connectivity index (χ4v) is 7.16. The number of Topliss-reactive ketones (excluding diaryl/α,β-unsaturated/α-hetero) is 4. The van der Waals surface area contributed by atoms with E-state index in [1.165, 1.54) is 28.1 Å². The van der Waals surface area contributed by atoms with Crippen molar-refractivity contribution in [2.24, 2.45) is 0 Å². The molecule has 2 aliphatic carbocycles.